The fourth-order valence-electron chi connectivity index (χ4n) is 2.03. The highest BCUT2D eigenvalue weighted by atomic mass is 32.2. The molecule has 0 bridgehead atoms. The standard InChI is InChI=1S/C9H16N4O2S/c1-12-7-9(6-11-12)16(14,15)13-4-2-3-8(13)5-10/h6-8H,2-5,10H2,1H3. The first-order chi connectivity index (χ1) is 7.55. The van der Waals surface area contributed by atoms with Gasteiger partial charge in [-0.05, 0) is 12.8 Å². The first kappa shape index (κ1) is 11.6. The molecule has 1 unspecified atom stereocenters. The summed E-state index contributed by atoms with van der Waals surface area (Å²) < 4.78 is 27.4. The Morgan fingerprint density at radius 2 is 2.38 bits per heavy atom. The minimum atomic E-state index is -3.41. The Morgan fingerprint density at radius 1 is 1.62 bits per heavy atom. The molecule has 1 aliphatic heterocycles. The summed E-state index contributed by atoms with van der Waals surface area (Å²) >= 11 is 0. The summed E-state index contributed by atoms with van der Waals surface area (Å²) in [6, 6.07) is -0.0646. The van der Waals surface area contributed by atoms with Crippen LogP contribution in [-0.2, 0) is 17.1 Å². The van der Waals surface area contributed by atoms with E-state index >= 15 is 0 Å². The number of rotatable bonds is 3. The van der Waals surface area contributed by atoms with Gasteiger partial charge in [0.25, 0.3) is 0 Å². The van der Waals surface area contributed by atoms with Gasteiger partial charge in [-0.1, -0.05) is 0 Å². The summed E-state index contributed by atoms with van der Waals surface area (Å²) in [5.74, 6) is 0. The molecule has 2 heterocycles. The number of hydrogen-bond donors (Lipinski definition) is 1. The molecule has 7 heteroatoms. The van der Waals surface area contributed by atoms with Crippen LogP contribution in [-0.4, -0.2) is 41.6 Å². The molecule has 90 valence electrons. The molecule has 2 N–H and O–H groups in total. The van der Waals surface area contributed by atoms with Gasteiger partial charge in [0.05, 0.1) is 6.20 Å². The molecule has 0 saturated carbocycles. The number of nitrogens with two attached hydrogens (primary N) is 1. The maximum Gasteiger partial charge on any atom is 0.246 e. The Bertz CT molecular complexity index is 468. The first-order valence-corrected chi connectivity index (χ1v) is 6.70. The van der Waals surface area contributed by atoms with Gasteiger partial charge >= 0.3 is 0 Å². The fourth-order valence-corrected chi connectivity index (χ4v) is 3.72. The van der Waals surface area contributed by atoms with Crippen molar-refractivity contribution < 1.29 is 8.42 Å². The quantitative estimate of drug-likeness (QED) is 0.779. The van der Waals surface area contributed by atoms with Crippen molar-refractivity contribution in [2.24, 2.45) is 12.8 Å². The summed E-state index contributed by atoms with van der Waals surface area (Å²) in [7, 11) is -1.71. The van der Waals surface area contributed by atoms with Crippen LogP contribution in [0, 0.1) is 0 Å². The molecule has 16 heavy (non-hydrogen) atoms. The summed E-state index contributed by atoms with van der Waals surface area (Å²) in [6.45, 7) is 0.929. The van der Waals surface area contributed by atoms with Gasteiger partial charge in [-0.25, -0.2) is 8.42 Å². The van der Waals surface area contributed by atoms with E-state index in [-0.39, 0.29) is 10.9 Å². The maximum atomic E-state index is 12.2. The van der Waals surface area contributed by atoms with E-state index < -0.39 is 10.0 Å². The zero-order valence-electron chi connectivity index (χ0n) is 9.20. The number of sulfonamides is 1. The molecule has 0 radical (unpaired) electrons. The van der Waals surface area contributed by atoms with Crippen molar-refractivity contribution in [3.8, 4) is 0 Å². The van der Waals surface area contributed by atoms with Crippen molar-refractivity contribution in [2.45, 2.75) is 23.8 Å². The number of hydrogen-bond acceptors (Lipinski definition) is 4. The third kappa shape index (κ3) is 1.85. The summed E-state index contributed by atoms with van der Waals surface area (Å²) in [5.41, 5.74) is 5.58. The van der Waals surface area contributed by atoms with Crippen molar-refractivity contribution in [1.29, 1.82) is 0 Å². The molecule has 1 aromatic rings. The molecule has 0 aromatic carbocycles. The minimum absolute atomic E-state index is 0.0646. The second-order valence-corrected chi connectivity index (χ2v) is 5.89. The van der Waals surface area contributed by atoms with E-state index in [0.29, 0.717) is 13.1 Å². The molecule has 1 aliphatic rings. The van der Waals surface area contributed by atoms with E-state index in [1.807, 2.05) is 0 Å². The topological polar surface area (TPSA) is 81.2 Å². The molecule has 6 nitrogen and oxygen atoms in total. The Morgan fingerprint density at radius 3 is 2.94 bits per heavy atom. The van der Waals surface area contributed by atoms with Gasteiger partial charge in [0, 0.05) is 32.4 Å². The number of nitrogens with zero attached hydrogens (tertiary/aromatic N) is 3. The Hall–Kier alpha value is -0.920. The molecule has 0 aliphatic carbocycles. The van der Waals surface area contributed by atoms with Crippen LogP contribution in [0.1, 0.15) is 12.8 Å². The zero-order valence-corrected chi connectivity index (χ0v) is 10.0. The van der Waals surface area contributed by atoms with Crippen LogP contribution in [0.2, 0.25) is 0 Å². The molecule has 1 saturated heterocycles. The molecular weight excluding hydrogens is 228 g/mol. The predicted octanol–water partition coefficient (Wildman–Crippen LogP) is -0.468. The van der Waals surface area contributed by atoms with Crippen LogP contribution in [0.4, 0.5) is 0 Å². The Labute approximate surface area is 95.1 Å². The van der Waals surface area contributed by atoms with Crippen molar-refractivity contribution in [3.05, 3.63) is 12.4 Å². The van der Waals surface area contributed by atoms with Gasteiger partial charge in [-0.15, -0.1) is 0 Å². The van der Waals surface area contributed by atoms with E-state index in [0.717, 1.165) is 12.8 Å². The molecule has 0 spiro atoms. The molecular formula is C9H16N4O2S. The van der Waals surface area contributed by atoms with Crippen LogP contribution in [0.5, 0.6) is 0 Å². The Kier molecular flexibility index (Phi) is 3.00. The SMILES string of the molecule is Cn1cc(S(=O)(=O)N2CCCC2CN)cn1. The van der Waals surface area contributed by atoms with E-state index in [9.17, 15) is 8.42 Å². The molecule has 1 fully saturated rings. The van der Waals surface area contributed by atoms with Crippen molar-refractivity contribution in [2.75, 3.05) is 13.1 Å². The molecule has 1 atom stereocenters. The summed E-state index contributed by atoms with van der Waals surface area (Å²) in [6.07, 6.45) is 4.61. The van der Waals surface area contributed by atoms with E-state index in [4.69, 9.17) is 5.73 Å². The van der Waals surface area contributed by atoms with Gasteiger partial charge in [-0.2, -0.15) is 9.40 Å². The normalized spacial score (nSPS) is 22.8. The molecule has 1 aromatic heterocycles. The monoisotopic (exact) mass is 244 g/mol. The predicted molar refractivity (Wildman–Crippen MR) is 59.2 cm³/mol. The van der Waals surface area contributed by atoms with Crippen LogP contribution < -0.4 is 5.73 Å². The second-order valence-electron chi connectivity index (χ2n) is 4.00. The minimum Gasteiger partial charge on any atom is -0.329 e. The number of aromatic nitrogens is 2. The van der Waals surface area contributed by atoms with Crippen molar-refractivity contribution in [1.82, 2.24) is 14.1 Å². The van der Waals surface area contributed by atoms with Gasteiger partial charge in [0.1, 0.15) is 4.90 Å². The second kappa shape index (κ2) is 4.15. The van der Waals surface area contributed by atoms with E-state index in [1.165, 1.54) is 21.4 Å². The highest BCUT2D eigenvalue weighted by Crippen LogP contribution is 2.24. The highest BCUT2D eigenvalue weighted by Gasteiger charge is 2.34. The van der Waals surface area contributed by atoms with Gasteiger partial charge in [-0.3, -0.25) is 4.68 Å². The Balaban J connectivity index is 2.32. The van der Waals surface area contributed by atoms with E-state index in [2.05, 4.69) is 5.10 Å². The van der Waals surface area contributed by atoms with Gasteiger partial charge in [0.2, 0.25) is 10.0 Å². The van der Waals surface area contributed by atoms with Crippen LogP contribution in [0.15, 0.2) is 17.3 Å². The van der Waals surface area contributed by atoms with Crippen molar-refractivity contribution >= 4 is 10.0 Å². The third-order valence-electron chi connectivity index (χ3n) is 2.88. The first-order valence-electron chi connectivity index (χ1n) is 5.26. The lowest BCUT2D eigenvalue weighted by molar-refractivity contribution is 0.393. The van der Waals surface area contributed by atoms with Crippen LogP contribution in [0.3, 0.4) is 0 Å². The molecule has 2 rings (SSSR count). The summed E-state index contributed by atoms with van der Waals surface area (Å²) in [4.78, 5) is 0.246. The lowest BCUT2D eigenvalue weighted by Crippen LogP contribution is -2.39. The number of aryl methyl sites for hydroxylation is 1. The average Bonchev–Trinajstić information content (AvgIpc) is 2.85. The lowest BCUT2D eigenvalue weighted by Gasteiger charge is -2.21. The summed E-state index contributed by atoms with van der Waals surface area (Å²) in [5, 5.41) is 3.88. The smallest absolute Gasteiger partial charge is 0.246 e. The van der Waals surface area contributed by atoms with E-state index in [1.54, 1.807) is 7.05 Å². The zero-order chi connectivity index (χ0) is 11.8. The van der Waals surface area contributed by atoms with Gasteiger partial charge in [0.15, 0.2) is 0 Å². The average molecular weight is 244 g/mol. The largest absolute Gasteiger partial charge is 0.329 e. The highest BCUT2D eigenvalue weighted by molar-refractivity contribution is 7.89. The van der Waals surface area contributed by atoms with Crippen LogP contribution in [0.25, 0.3) is 0 Å². The third-order valence-corrected chi connectivity index (χ3v) is 4.79. The lowest BCUT2D eigenvalue weighted by atomic mass is 10.2. The fraction of sp³-hybridized carbons (Fsp3) is 0.667. The molecule has 0 amide bonds. The van der Waals surface area contributed by atoms with Gasteiger partial charge < -0.3 is 5.73 Å². The van der Waals surface area contributed by atoms with Crippen LogP contribution >= 0.6 is 0 Å². The maximum absolute atomic E-state index is 12.2. The van der Waals surface area contributed by atoms with Crippen molar-refractivity contribution in [3.63, 3.8) is 0 Å².